The van der Waals surface area contributed by atoms with Gasteiger partial charge in [-0.15, -0.1) is 0 Å². The third-order valence-corrected chi connectivity index (χ3v) is 4.17. The van der Waals surface area contributed by atoms with Crippen molar-refractivity contribution in [2.75, 3.05) is 25.7 Å². The molecule has 2 N–H and O–H groups in total. The van der Waals surface area contributed by atoms with Crippen molar-refractivity contribution in [1.82, 2.24) is 10.2 Å². The fourth-order valence-electron chi connectivity index (χ4n) is 2.22. The van der Waals surface area contributed by atoms with Crippen LogP contribution in [0.15, 0.2) is 0 Å². The van der Waals surface area contributed by atoms with Gasteiger partial charge < -0.3 is 20.1 Å². The second-order valence-electron chi connectivity index (χ2n) is 5.04. The maximum Gasteiger partial charge on any atom is 0.326 e. The Morgan fingerprint density at radius 3 is 2.55 bits per heavy atom. The van der Waals surface area contributed by atoms with Crippen molar-refractivity contribution in [2.45, 2.75) is 31.5 Å². The number of aliphatic carboxylic acids is 1. The molecule has 9 heteroatoms. The summed E-state index contributed by atoms with van der Waals surface area (Å²) in [6.07, 6.45) is 0.971. The van der Waals surface area contributed by atoms with Crippen molar-refractivity contribution < 1.29 is 27.9 Å². The van der Waals surface area contributed by atoms with Gasteiger partial charge in [-0.3, -0.25) is 0 Å². The molecule has 0 bridgehead atoms. The van der Waals surface area contributed by atoms with Gasteiger partial charge in [0.25, 0.3) is 0 Å². The quantitative estimate of drug-likeness (QED) is 0.694. The van der Waals surface area contributed by atoms with Crippen LogP contribution in [0.1, 0.15) is 13.3 Å². The number of sulfone groups is 1. The van der Waals surface area contributed by atoms with Gasteiger partial charge in [-0.2, -0.15) is 0 Å². The maximum absolute atomic E-state index is 12.0. The average molecular weight is 308 g/mol. The van der Waals surface area contributed by atoms with Gasteiger partial charge in [-0.05, 0) is 6.92 Å². The molecule has 0 aromatic rings. The Kier molecular flexibility index (Phi) is 5.35. The minimum atomic E-state index is -3.21. The zero-order chi connectivity index (χ0) is 15.5. The van der Waals surface area contributed by atoms with Crippen LogP contribution in [0.3, 0.4) is 0 Å². The maximum atomic E-state index is 12.0. The second-order valence-corrected chi connectivity index (χ2v) is 7.23. The van der Waals surface area contributed by atoms with E-state index < -0.39 is 33.9 Å². The highest BCUT2D eigenvalue weighted by molar-refractivity contribution is 7.90. The highest BCUT2D eigenvalue weighted by Crippen LogP contribution is 2.20. The first-order valence-electron chi connectivity index (χ1n) is 6.14. The van der Waals surface area contributed by atoms with Gasteiger partial charge in [0.1, 0.15) is 15.9 Å². The molecule has 1 aliphatic heterocycles. The highest BCUT2D eigenvalue weighted by atomic mass is 32.2. The summed E-state index contributed by atoms with van der Waals surface area (Å²) in [5.41, 5.74) is 0. The zero-order valence-electron chi connectivity index (χ0n) is 11.7. The molecule has 1 saturated heterocycles. The molecular formula is C11H20N2O6S. The molecular weight excluding hydrogens is 288 g/mol. The van der Waals surface area contributed by atoms with Crippen LogP contribution in [0.5, 0.6) is 0 Å². The predicted molar refractivity (Wildman–Crippen MR) is 71.2 cm³/mol. The minimum Gasteiger partial charge on any atom is -0.480 e. The van der Waals surface area contributed by atoms with Crippen LogP contribution in [-0.2, 0) is 19.4 Å². The summed E-state index contributed by atoms with van der Waals surface area (Å²) in [5, 5.41) is 11.6. The van der Waals surface area contributed by atoms with Gasteiger partial charge in [0.2, 0.25) is 0 Å². The molecule has 3 atom stereocenters. The monoisotopic (exact) mass is 308 g/mol. The van der Waals surface area contributed by atoms with Crippen LogP contribution in [0.25, 0.3) is 0 Å². The van der Waals surface area contributed by atoms with E-state index in [0.717, 1.165) is 11.2 Å². The smallest absolute Gasteiger partial charge is 0.326 e. The van der Waals surface area contributed by atoms with Crippen LogP contribution >= 0.6 is 0 Å². The number of urea groups is 1. The number of carboxylic acid groups (broad SMARTS) is 1. The number of nitrogens with zero attached hydrogens (tertiary/aromatic N) is 1. The van der Waals surface area contributed by atoms with Gasteiger partial charge in [-0.25, -0.2) is 18.0 Å². The molecule has 0 aromatic carbocycles. The number of likely N-dealkylation sites (tertiary alicyclic amines) is 1. The number of hydrogen-bond acceptors (Lipinski definition) is 5. The topological polar surface area (TPSA) is 113 Å². The molecule has 1 heterocycles. The largest absolute Gasteiger partial charge is 0.480 e. The predicted octanol–water partition coefficient (Wildman–Crippen LogP) is -0.697. The van der Waals surface area contributed by atoms with Gasteiger partial charge in [-0.1, -0.05) is 0 Å². The van der Waals surface area contributed by atoms with E-state index in [1.165, 1.54) is 7.11 Å². The normalized spacial score (nSPS) is 24.4. The molecule has 8 nitrogen and oxygen atoms in total. The van der Waals surface area contributed by atoms with Crippen LogP contribution < -0.4 is 5.32 Å². The molecule has 0 aromatic heterocycles. The number of hydrogen-bond donors (Lipinski definition) is 2. The number of carboxylic acids is 1. The van der Waals surface area contributed by atoms with Gasteiger partial charge in [0.05, 0.1) is 11.9 Å². The Bertz CT molecular complexity index is 477. The van der Waals surface area contributed by atoms with Crippen LogP contribution in [0.2, 0.25) is 0 Å². The summed E-state index contributed by atoms with van der Waals surface area (Å²) < 4.78 is 27.3. The molecule has 1 aliphatic rings. The van der Waals surface area contributed by atoms with Gasteiger partial charge >= 0.3 is 12.0 Å². The van der Waals surface area contributed by atoms with Gasteiger partial charge in [0, 0.05) is 32.4 Å². The Morgan fingerprint density at radius 1 is 1.50 bits per heavy atom. The molecule has 0 aliphatic carbocycles. The molecule has 0 spiro atoms. The van der Waals surface area contributed by atoms with Crippen LogP contribution in [0.4, 0.5) is 4.79 Å². The van der Waals surface area contributed by atoms with E-state index in [4.69, 9.17) is 9.84 Å². The lowest BCUT2D eigenvalue weighted by molar-refractivity contribution is -0.141. The third-order valence-electron chi connectivity index (χ3n) is 3.06. The first-order valence-corrected chi connectivity index (χ1v) is 8.20. The lowest BCUT2D eigenvalue weighted by atomic mass is 10.2. The first kappa shape index (κ1) is 16.7. The summed E-state index contributed by atoms with van der Waals surface area (Å²) in [4.78, 5) is 24.3. The second kappa shape index (κ2) is 6.40. The molecule has 1 fully saturated rings. The number of ether oxygens (including phenoxy) is 1. The summed E-state index contributed by atoms with van der Waals surface area (Å²) in [6, 6.07) is -2.13. The first-order chi connectivity index (χ1) is 9.14. The highest BCUT2D eigenvalue weighted by Gasteiger charge is 2.40. The van der Waals surface area contributed by atoms with E-state index in [0.29, 0.717) is 0 Å². The van der Waals surface area contributed by atoms with Crippen LogP contribution in [0, 0.1) is 0 Å². The zero-order valence-corrected chi connectivity index (χ0v) is 12.5. The molecule has 0 radical (unpaired) electrons. The van der Waals surface area contributed by atoms with E-state index in [1.54, 1.807) is 6.92 Å². The molecule has 0 saturated carbocycles. The van der Waals surface area contributed by atoms with Crippen molar-refractivity contribution in [3.05, 3.63) is 0 Å². The molecule has 116 valence electrons. The van der Waals surface area contributed by atoms with E-state index in [-0.39, 0.29) is 24.8 Å². The summed E-state index contributed by atoms with van der Waals surface area (Å²) in [5.74, 6) is -1.30. The standard InChI is InChI=1S/C11H20N2O6S/c1-7(6-20(3,17)18)12-11(16)13-5-8(19-2)4-9(13)10(14)15/h7-9H,4-6H2,1-3H3,(H,12,16)(H,14,15). The fraction of sp³-hybridized carbons (Fsp3) is 0.818. The summed E-state index contributed by atoms with van der Waals surface area (Å²) in [6.45, 7) is 1.73. The van der Waals surface area contributed by atoms with Crippen molar-refractivity contribution in [2.24, 2.45) is 0 Å². The number of rotatable bonds is 5. The molecule has 20 heavy (non-hydrogen) atoms. The molecule has 3 unspecified atom stereocenters. The summed E-state index contributed by atoms with van der Waals surface area (Å²) >= 11 is 0. The fourth-order valence-corrected chi connectivity index (χ4v) is 3.21. The lowest BCUT2D eigenvalue weighted by Crippen LogP contribution is -2.50. The molecule has 1 rings (SSSR count). The van der Waals surface area contributed by atoms with Crippen molar-refractivity contribution >= 4 is 21.8 Å². The summed E-state index contributed by atoms with van der Waals surface area (Å²) in [7, 11) is -1.76. The van der Waals surface area contributed by atoms with Crippen LogP contribution in [-0.4, -0.2) is 74.3 Å². The number of carbonyl (C=O) groups is 2. The van der Waals surface area contributed by atoms with Crippen molar-refractivity contribution in [3.63, 3.8) is 0 Å². The Balaban J connectivity index is 2.68. The number of methoxy groups -OCH3 is 1. The minimum absolute atomic E-state index is 0.172. The van der Waals surface area contributed by atoms with Crippen molar-refractivity contribution in [1.29, 1.82) is 0 Å². The Morgan fingerprint density at radius 2 is 2.10 bits per heavy atom. The van der Waals surface area contributed by atoms with Gasteiger partial charge in [0.15, 0.2) is 0 Å². The SMILES string of the molecule is COC1CC(C(=O)O)N(C(=O)NC(C)CS(C)(=O)=O)C1. The van der Waals surface area contributed by atoms with E-state index >= 15 is 0 Å². The Labute approximate surface area is 118 Å². The Hall–Kier alpha value is -1.35. The number of amides is 2. The number of nitrogens with one attached hydrogen (secondary N) is 1. The lowest BCUT2D eigenvalue weighted by Gasteiger charge is -2.24. The molecule has 2 amide bonds. The van der Waals surface area contributed by atoms with E-state index in [2.05, 4.69) is 5.32 Å². The average Bonchev–Trinajstić information content (AvgIpc) is 2.70. The third kappa shape index (κ3) is 4.64. The van der Waals surface area contributed by atoms with E-state index in [1.807, 2.05) is 0 Å². The van der Waals surface area contributed by atoms with Crippen molar-refractivity contribution in [3.8, 4) is 0 Å². The number of carbonyl (C=O) groups excluding carboxylic acids is 1. The van der Waals surface area contributed by atoms with E-state index in [9.17, 15) is 18.0 Å².